The van der Waals surface area contributed by atoms with Gasteiger partial charge in [0.1, 0.15) is 4.87 Å². The van der Waals surface area contributed by atoms with Crippen LogP contribution in [0.5, 0.6) is 0 Å². The lowest BCUT2D eigenvalue weighted by atomic mass is 9.68. The van der Waals surface area contributed by atoms with Crippen molar-refractivity contribution in [2.75, 3.05) is 0 Å². The molecule has 104 valence electrons. The molecule has 0 spiro atoms. The van der Waals surface area contributed by atoms with Crippen LogP contribution in [0.15, 0.2) is 41.5 Å². The molecule has 2 atom stereocenters. The number of nitriles is 1. The molecule has 0 saturated heterocycles. The van der Waals surface area contributed by atoms with E-state index < -0.39 is 4.87 Å². The highest BCUT2D eigenvalue weighted by molar-refractivity contribution is 6.26. The van der Waals surface area contributed by atoms with Crippen molar-refractivity contribution in [3.8, 4) is 6.07 Å². The lowest BCUT2D eigenvalue weighted by Crippen LogP contribution is -2.31. The molecule has 0 radical (unpaired) electrons. The average molecular weight is 286 g/mol. The molecule has 1 aromatic carbocycles. The van der Waals surface area contributed by atoms with Crippen molar-refractivity contribution < 1.29 is 0 Å². The zero-order valence-corrected chi connectivity index (χ0v) is 12.9. The highest BCUT2D eigenvalue weighted by Gasteiger charge is 2.46. The smallest absolute Gasteiger partial charge is 0.135 e. The molecule has 0 amide bonds. The number of rotatable bonds is 1. The fourth-order valence-electron chi connectivity index (χ4n) is 4.00. The van der Waals surface area contributed by atoms with E-state index in [4.69, 9.17) is 11.6 Å². The van der Waals surface area contributed by atoms with Gasteiger partial charge >= 0.3 is 0 Å². The highest BCUT2D eigenvalue weighted by Crippen LogP contribution is 2.57. The van der Waals surface area contributed by atoms with Crippen LogP contribution in [0.25, 0.3) is 0 Å². The third-order valence-corrected chi connectivity index (χ3v) is 5.31. The molecule has 20 heavy (non-hydrogen) atoms. The van der Waals surface area contributed by atoms with Crippen molar-refractivity contribution in [2.24, 2.45) is 5.41 Å². The normalized spacial score (nSPS) is 31.8. The first-order valence-electron chi connectivity index (χ1n) is 7.33. The summed E-state index contributed by atoms with van der Waals surface area (Å²) in [6, 6.07) is 12.9. The third kappa shape index (κ3) is 2.17. The summed E-state index contributed by atoms with van der Waals surface area (Å²) in [5.74, 6) is 0.301. The zero-order valence-electron chi connectivity index (χ0n) is 12.1. The molecule has 0 aromatic heterocycles. The van der Waals surface area contributed by atoms with E-state index in [1.54, 1.807) is 5.57 Å². The molecule has 0 heterocycles. The molecule has 2 aliphatic carbocycles. The van der Waals surface area contributed by atoms with Crippen LogP contribution in [0.1, 0.15) is 51.0 Å². The summed E-state index contributed by atoms with van der Waals surface area (Å²) in [5, 5.41) is 9.46. The minimum Gasteiger partial charge on any atom is -0.196 e. The minimum absolute atomic E-state index is 0.240. The zero-order chi connectivity index (χ0) is 14.4. The number of hydrogen-bond acceptors (Lipinski definition) is 1. The van der Waals surface area contributed by atoms with Gasteiger partial charge < -0.3 is 0 Å². The van der Waals surface area contributed by atoms with Gasteiger partial charge in [-0.25, -0.2) is 0 Å². The van der Waals surface area contributed by atoms with Crippen molar-refractivity contribution in [3.05, 3.63) is 47.0 Å². The van der Waals surface area contributed by atoms with Crippen LogP contribution in [0.3, 0.4) is 0 Å². The molecule has 2 aliphatic rings. The second-order valence-electron chi connectivity index (χ2n) is 6.82. The summed E-state index contributed by atoms with van der Waals surface area (Å²) in [6.45, 7) is 4.66. The Morgan fingerprint density at radius 3 is 2.60 bits per heavy atom. The van der Waals surface area contributed by atoms with Crippen molar-refractivity contribution in [1.29, 1.82) is 5.26 Å². The first-order chi connectivity index (χ1) is 9.45. The van der Waals surface area contributed by atoms with Crippen LogP contribution in [-0.4, -0.2) is 4.87 Å². The van der Waals surface area contributed by atoms with Gasteiger partial charge in [-0.2, -0.15) is 5.26 Å². The summed E-state index contributed by atoms with van der Waals surface area (Å²) in [6.07, 6.45) is 3.76. The van der Waals surface area contributed by atoms with Crippen LogP contribution < -0.4 is 0 Å². The van der Waals surface area contributed by atoms with Gasteiger partial charge in [0.25, 0.3) is 0 Å². The lowest BCUT2D eigenvalue weighted by Gasteiger charge is -2.38. The summed E-state index contributed by atoms with van der Waals surface area (Å²) < 4.78 is 0. The van der Waals surface area contributed by atoms with Crippen LogP contribution in [0.4, 0.5) is 0 Å². The van der Waals surface area contributed by atoms with E-state index in [0.717, 1.165) is 19.3 Å². The van der Waals surface area contributed by atoms with E-state index in [0.29, 0.717) is 5.92 Å². The van der Waals surface area contributed by atoms with Crippen molar-refractivity contribution in [3.63, 3.8) is 0 Å². The Morgan fingerprint density at radius 2 is 1.95 bits per heavy atom. The van der Waals surface area contributed by atoms with Gasteiger partial charge in [0.2, 0.25) is 0 Å². The molecule has 0 saturated carbocycles. The molecular formula is C18H20ClN. The second-order valence-corrected chi connectivity index (χ2v) is 7.55. The molecule has 0 aliphatic heterocycles. The molecule has 2 unspecified atom stereocenters. The number of hydrogen-bond donors (Lipinski definition) is 0. The first kappa shape index (κ1) is 13.7. The summed E-state index contributed by atoms with van der Waals surface area (Å²) in [7, 11) is 0. The van der Waals surface area contributed by atoms with Gasteiger partial charge in [-0.1, -0.05) is 55.3 Å². The number of benzene rings is 1. The largest absolute Gasteiger partial charge is 0.196 e. The molecule has 0 N–H and O–H groups in total. The summed E-state index contributed by atoms with van der Waals surface area (Å²) >= 11 is 6.57. The molecular weight excluding hydrogens is 266 g/mol. The number of halogens is 1. The Hall–Kier alpha value is -1.26. The molecule has 0 fully saturated rings. The Kier molecular flexibility index (Phi) is 3.18. The first-order valence-corrected chi connectivity index (χ1v) is 7.70. The fraction of sp³-hybridized carbons (Fsp3) is 0.500. The van der Waals surface area contributed by atoms with Gasteiger partial charge in [0, 0.05) is 12.3 Å². The number of allylic oxidation sites excluding steroid dienone is 2. The third-order valence-electron chi connectivity index (χ3n) is 4.93. The van der Waals surface area contributed by atoms with E-state index >= 15 is 0 Å². The van der Waals surface area contributed by atoms with Crippen LogP contribution in [0, 0.1) is 16.7 Å². The maximum absolute atomic E-state index is 9.46. The minimum atomic E-state index is -0.722. The van der Waals surface area contributed by atoms with Crippen LogP contribution >= 0.6 is 11.6 Å². The Morgan fingerprint density at radius 1 is 1.25 bits per heavy atom. The predicted molar refractivity (Wildman–Crippen MR) is 82.7 cm³/mol. The van der Waals surface area contributed by atoms with Gasteiger partial charge in [0.15, 0.2) is 0 Å². The predicted octanol–water partition coefficient (Wildman–Crippen LogP) is 5.18. The lowest BCUT2D eigenvalue weighted by molar-refractivity contribution is 0.399. The maximum atomic E-state index is 9.46. The standard InChI is InChI=1S/C18H20ClN/c1-17(2)9-8-14-10-18(19,12-20)11-15(16(14)17)13-6-4-3-5-7-13/h3-7,15H,8-11H2,1-2H3. The monoisotopic (exact) mass is 285 g/mol. The van der Waals surface area contributed by atoms with Crippen LogP contribution in [0.2, 0.25) is 0 Å². The van der Waals surface area contributed by atoms with Gasteiger partial charge in [-0.05, 0) is 30.2 Å². The van der Waals surface area contributed by atoms with Gasteiger partial charge in [-0.3, -0.25) is 0 Å². The van der Waals surface area contributed by atoms with Crippen LogP contribution in [-0.2, 0) is 0 Å². The van der Waals surface area contributed by atoms with E-state index in [-0.39, 0.29) is 5.41 Å². The van der Waals surface area contributed by atoms with Gasteiger partial charge in [-0.15, -0.1) is 11.6 Å². The molecule has 3 rings (SSSR count). The maximum Gasteiger partial charge on any atom is 0.135 e. The average Bonchev–Trinajstić information content (AvgIpc) is 2.74. The molecule has 1 aromatic rings. The highest BCUT2D eigenvalue weighted by atomic mass is 35.5. The Labute approximate surface area is 126 Å². The van der Waals surface area contributed by atoms with E-state index in [9.17, 15) is 5.26 Å². The Bertz CT molecular complexity index is 594. The van der Waals surface area contributed by atoms with Crippen molar-refractivity contribution in [2.45, 2.75) is 50.3 Å². The topological polar surface area (TPSA) is 23.8 Å². The van der Waals surface area contributed by atoms with E-state index in [1.165, 1.54) is 17.6 Å². The van der Waals surface area contributed by atoms with E-state index in [2.05, 4.69) is 44.2 Å². The van der Waals surface area contributed by atoms with E-state index in [1.807, 2.05) is 6.07 Å². The van der Waals surface area contributed by atoms with Gasteiger partial charge in [0.05, 0.1) is 6.07 Å². The Balaban J connectivity index is 2.11. The fourth-order valence-corrected chi connectivity index (χ4v) is 4.32. The molecule has 1 nitrogen and oxygen atoms in total. The quantitative estimate of drug-likeness (QED) is 0.515. The number of nitrogens with zero attached hydrogens (tertiary/aromatic N) is 1. The van der Waals surface area contributed by atoms with Crippen molar-refractivity contribution >= 4 is 11.6 Å². The summed E-state index contributed by atoms with van der Waals surface area (Å²) in [5.41, 5.74) is 4.53. The molecule has 2 heteroatoms. The van der Waals surface area contributed by atoms with Crippen molar-refractivity contribution in [1.82, 2.24) is 0 Å². The molecule has 0 bridgehead atoms. The number of alkyl halides is 1. The second kappa shape index (κ2) is 4.64. The summed E-state index contributed by atoms with van der Waals surface area (Å²) in [4.78, 5) is -0.722. The SMILES string of the molecule is CC1(C)CCC2=C1C(c1ccccc1)CC(Cl)(C#N)C2.